The van der Waals surface area contributed by atoms with E-state index in [0.29, 0.717) is 27.9 Å². The summed E-state index contributed by atoms with van der Waals surface area (Å²) in [7, 11) is -2.03. The van der Waals surface area contributed by atoms with Crippen LogP contribution in [0.5, 0.6) is 11.5 Å². The highest BCUT2D eigenvalue weighted by molar-refractivity contribution is 9.10. The predicted octanol–water partition coefficient (Wildman–Crippen LogP) is 6.36. The maximum atomic E-state index is 12.6. The second-order valence-corrected chi connectivity index (χ2v) is 14.8. The van der Waals surface area contributed by atoms with Gasteiger partial charge in [0.25, 0.3) is 8.32 Å². The predicted molar refractivity (Wildman–Crippen MR) is 110 cm³/mol. The van der Waals surface area contributed by atoms with Crippen molar-refractivity contribution in [1.29, 1.82) is 0 Å². The maximum Gasteiger partial charge on any atom is 0.258 e. The molecule has 0 aromatic heterocycles. The van der Waals surface area contributed by atoms with E-state index in [2.05, 4.69) is 57.5 Å². The average molecular weight is 427 g/mol. The van der Waals surface area contributed by atoms with Crippen molar-refractivity contribution in [3.8, 4) is 11.5 Å². The van der Waals surface area contributed by atoms with Crippen LogP contribution in [-0.4, -0.2) is 24.5 Å². The maximum absolute atomic E-state index is 12.6. The number of fused-ring (bicyclic) bond motifs is 1. The van der Waals surface area contributed by atoms with Crippen LogP contribution < -0.4 is 9.16 Å². The summed E-state index contributed by atoms with van der Waals surface area (Å²) in [6.45, 7) is 17.5. The minimum atomic E-state index is -2.03. The topological polar surface area (TPSA) is 35.5 Å². The molecular weight excluding hydrogens is 396 g/mol. The van der Waals surface area contributed by atoms with E-state index in [9.17, 15) is 4.79 Å². The summed E-state index contributed by atoms with van der Waals surface area (Å²) in [5.74, 6) is 1.51. The van der Waals surface area contributed by atoms with Gasteiger partial charge in [0, 0.05) is 6.07 Å². The molecule has 0 aliphatic carbocycles. The third kappa shape index (κ3) is 3.54. The monoisotopic (exact) mass is 426 g/mol. The molecule has 25 heavy (non-hydrogen) atoms. The molecule has 0 bridgehead atoms. The molecule has 1 aliphatic heterocycles. The number of Topliss-reactive ketones (excluding diaryl/α,β-unsaturated/α-hetero) is 1. The van der Waals surface area contributed by atoms with E-state index < -0.39 is 13.9 Å². The lowest BCUT2D eigenvalue weighted by atomic mass is 9.93. The Hall–Kier alpha value is -0.813. The SMILES string of the molecule is CC(C)[Si](Oc1ccc2c(c1)OC(C)(C)C(Br)C2=O)(C(C)C)C(C)C. The number of carbonyl (C=O) groups excluding carboxylic acids is 1. The van der Waals surface area contributed by atoms with Gasteiger partial charge in [-0.25, -0.2) is 0 Å². The van der Waals surface area contributed by atoms with Crippen LogP contribution in [0, 0.1) is 0 Å². The molecule has 0 amide bonds. The number of ketones is 1. The van der Waals surface area contributed by atoms with Gasteiger partial charge in [0.2, 0.25) is 0 Å². The summed E-state index contributed by atoms with van der Waals surface area (Å²) < 4.78 is 12.8. The van der Waals surface area contributed by atoms with Crippen molar-refractivity contribution in [1.82, 2.24) is 0 Å². The Balaban J connectivity index is 2.44. The highest BCUT2D eigenvalue weighted by Crippen LogP contribution is 2.44. The summed E-state index contributed by atoms with van der Waals surface area (Å²) in [4.78, 5) is 12.3. The largest absolute Gasteiger partial charge is 0.543 e. The van der Waals surface area contributed by atoms with Crippen LogP contribution in [0.25, 0.3) is 0 Å². The van der Waals surface area contributed by atoms with Gasteiger partial charge in [-0.05, 0) is 42.6 Å². The Kier molecular flexibility index (Phi) is 5.79. The molecule has 0 fully saturated rings. The van der Waals surface area contributed by atoms with Gasteiger partial charge in [-0.15, -0.1) is 0 Å². The van der Waals surface area contributed by atoms with E-state index in [4.69, 9.17) is 9.16 Å². The van der Waals surface area contributed by atoms with Crippen molar-refractivity contribution in [2.75, 3.05) is 0 Å². The molecule has 1 unspecified atom stereocenters. The van der Waals surface area contributed by atoms with Gasteiger partial charge in [0.05, 0.1) is 5.56 Å². The lowest BCUT2D eigenvalue weighted by molar-refractivity contribution is 0.0667. The van der Waals surface area contributed by atoms with E-state index in [1.165, 1.54) is 0 Å². The molecule has 0 saturated carbocycles. The summed E-state index contributed by atoms with van der Waals surface area (Å²) in [6.07, 6.45) is 0. The second kappa shape index (κ2) is 7.07. The molecule has 1 aromatic carbocycles. The minimum Gasteiger partial charge on any atom is -0.543 e. The van der Waals surface area contributed by atoms with Crippen molar-refractivity contribution in [3.05, 3.63) is 23.8 Å². The highest BCUT2D eigenvalue weighted by Gasteiger charge is 2.47. The number of carbonyl (C=O) groups is 1. The number of benzene rings is 1. The molecule has 1 aliphatic rings. The van der Waals surface area contributed by atoms with Gasteiger partial charge in [-0.3, -0.25) is 4.79 Å². The zero-order valence-corrected chi connectivity index (χ0v) is 19.2. The van der Waals surface area contributed by atoms with Crippen LogP contribution in [0.3, 0.4) is 0 Å². The van der Waals surface area contributed by atoms with Crippen molar-refractivity contribution in [2.45, 2.75) is 82.4 Å². The zero-order chi connectivity index (χ0) is 19.2. The van der Waals surface area contributed by atoms with Crippen molar-refractivity contribution in [2.24, 2.45) is 0 Å². The standard InChI is InChI=1S/C20H31BrO3Si/c1-12(2)25(13(3)4,14(5)6)24-15-9-10-16-17(11-15)23-20(7,8)19(21)18(16)22/h9-14,19H,1-8H3. The fourth-order valence-corrected chi connectivity index (χ4v) is 9.78. The van der Waals surface area contributed by atoms with Gasteiger partial charge in [-0.1, -0.05) is 57.5 Å². The quantitative estimate of drug-likeness (QED) is 0.405. The molecule has 0 N–H and O–H groups in total. The van der Waals surface area contributed by atoms with Gasteiger partial charge >= 0.3 is 0 Å². The first-order chi connectivity index (χ1) is 11.4. The first-order valence-electron chi connectivity index (χ1n) is 9.13. The molecule has 2 rings (SSSR count). The Morgan fingerprint density at radius 1 is 1.08 bits per heavy atom. The van der Waals surface area contributed by atoms with E-state index in [0.717, 1.165) is 5.75 Å². The minimum absolute atomic E-state index is 0.0675. The van der Waals surface area contributed by atoms with Gasteiger partial charge < -0.3 is 9.16 Å². The van der Waals surface area contributed by atoms with Crippen LogP contribution in [0.15, 0.2) is 18.2 Å². The fraction of sp³-hybridized carbons (Fsp3) is 0.650. The Bertz CT molecular complexity index is 631. The third-order valence-corrected chi connectivity index (χ3v) is 13.0. The van der Waals surface area contributed by atoms with Crippen molar-refractivity contribution >= 4 is 30.0 Å². The summed E-state index contributed by atoms with van der Waals surface area (Å²) in [5, 5.41) is 0. The van der Waals surface area contributed by atoms with Crippen LogP contribution in [0.1, 0.15) is 65.7 Å². The number of hydrogen-bond donors (Lipinski definition) is 0. The molecule has 1 atom stereocenters. The third-order valence-electron chi connectivity index (χ3n) is 5.43. The number of ether oxygens (including phenoxy) is 1. The van der Waals surface area contributed by atoms with E-state index in [-0.39, 0.29) is 10.6 Å². The molecule has 0 saturated heterocycles. The van der Waals surface area contributed by atoms with Crippen LogP contribution >= 0.6 is 15.9 Å². The Morgan fingerprint density at radius 3 is 2.08 bits per heavy atom. The lowest BCUT2D eigenvalue weighted by Crippen LogP contribution is -2.50. The van der Waals surface area contributed by atoms with E-state index >= 15 is 0 Å². The molecular formula is C20H31BrO3Si. The number of hydrogen-bond acceptors (Lipinski definition) is 3. The molecule has 1 aromatic rings. The smallest absolute Gasteiger partial charge is 0.258 e. The first kappa shape index (κ1) is 20.5. The molecule has 3 nitrogen and oxygen atoms in total. The summed E-state index contributed by atoms with van der Waals surface area (Å²) in [5.41, 5.74) is 1.53. The van der Waals surface area contributed by atoms with Crippen LogP contribution in [-0.2, 0) is 0 Å². The molecule has 1 heterocycles. The van der Waals surface area contributed by atoms with E-state index in [1.54, 1.807) is 0 Å². The Morgan fingerprint density at radius 2 is 1.60 bits per heavy atom. The van der Waals surface area contributed by atoms with Gasteiger partial charge in [0.1, 0.15) is 21.9 Å². The zero-order valence-electron chi connectivity index (χ0n) is 16.6. The molecule has 0 spiro atoms. The molecule has 140 valence electrons. The van der Waals surface area contributed by atoms with Crippen LogP contribution in [0.4, 0.5) is 0 Å². The lowest BCUT2D eigenvalue weighted by Gasteiger charge is -2.42. The average Bonchev–Trinajstić information content (AvgIpc) is 2.48. The van der Waals surface area contributed by atoms with Gasteiger partial charge in [0.15, 0.2) is 5.78 Å². The van der Waals surface area contributed by atoms with Crippen molar-refractivity contribution < 1.29 is 14.0 Å². The normalized spacial score (nSPS) is 20.0. The fourth-order valence-electron chi connectivity index (χ4n) is 4.20. The summed E-state index contributed by atoms with van der Waals surface area (Å²) in [6, 6.07) is 5.67. The van der Waals surface area contributed by atoms with Crippen molar-refractivity contribution in [3.63, 3.8) is 0 Å². The number of rotatable bonds is 5. The second-order valence-electron chi connectivity index (χ2n) is 8.51. The highest BCUT2D eigenvalue weighted by atomic mass is 79.9. The van der Waals surface area contributed by atoms with Crippen LogP contribution in [0.2, 0.25) is 16.6 Å². The Labute approximate surface area is 161 Å². The number of halogens is 1. The van der Waals surface area contributed by atoms with E-state index in [1.807, 2.05) is 32.0 Å². The summed E-state index contributed by atoms with van der Waals surface area (Å²) >= 11 is 3.47. The number of alkyl halides is 1. The van der Waals surface area contributed by atoms with Gasteiger partial charge in [-0.2, -0.15) is 0 Å². The first-order valence-corrected chi connectivity index (χ1v) is 12.2. The molecule has 0 radical (unpaired) electrons. The molecule has 5 heteroatoms.